The van der Waals surface area contributed by atoms with Crippen LogP contribution in [0.3, 0.4) is 0 Å². The van der Waals surface area contributed by atoms with Gasteiger partial charge in [-0.25, -0.2) is 4.79 Å². The summed E-state index contributed by atoms with van der Waals surface area (Å²) in [5.41, 5.74) is 11.9. The standard InChI is InChI=1S/C59H92N16O15/c1-3-47(77)62-21-24-67-59(89)71-58(61)66-20-9-13-46(57(88)68-35-41-14-16-43(76)17-15-41)70-55(86)40(2)42-10-8-11-44(34-42)90-33-7-6-19-63-51-52(54(85)53(51)84)64-22-23-65-56(87)45(12-4-5-18-60)69-39-75-31-29-73(37-49(80)81)27-25-72(36-48(78)79)26-28-74(30-32-75)38-50(82)83/h8,10-11,14-17,34,40,45-46,63-64,69,76H,3-7,9,12-13,18-33,35-39,60H2,1-2H3,(H,62,77)(H,65,87)(H,68,88)(H,70,86)(H,78,79)(H,80,81)(H,82,83)(H4,61,66,67,71,89)/t40?,45-,46-/m1/s1. The predicted molar refractivity (Wildman–Crippen MR) is 337 cm³/mol. The summed E-state index contributed by atoms with van der Waals surface area (Å²) in [6, 6.07) is 11.0. The van der Waals surface area contributed by atoms with Crippen LogP contribution in [0.25, 0.3) is 0 Å². The number of anilines is 2. The second-order valence-electron chi connectivity index (χ2n) is 21.7. The van der Waals surface area contributed by atoms with Gasteiger partial charge in [0.15, 0.2) is 5.96 Å². The Morgan fingerprint density at radius 1 is 0.611 bits per heavy atom. The van der Waals surface area contributed by atoms with E-state index in [4.69, 9.17) is 16.2 Å². The lowest BCUT2D eigenvalue weighted by molar-refractivity contribution is -0.140. The van der Waals surface area contributed by atoms with Gasteiger partial charge in [0.05, 0.1) is 38.2 Å². The van der Waals surface area contributed by atoms with Crippen molar-refractivity contribution < 1.29 is 63.5 Å². The molecule has 0 bridgehead atoms. The zero-order valence-electron chi connectivity index (χ0n) is 51.5. The molecule has 6 amide bonds. The molecule has 498 valence electrons. The molecule has 3 aromatic carbocycles. The number of phenols is 1. The van der Waals surface area contributed by atoms with Gasteiger partial charge < -0.3 is 79.2 Å². The number of benzene rings is 2. The van der Waals surface area contributed by atoms with Gasteiger partial charge >= 0.3 is 23.9 Å². The molecular weight excluding hydrogens is 1170 g/mol. The molecule has 0 radical (unpaired) electrons. The minimum absolute atomic E-state index is 0.0718. The first-order valence-electron chi connectivity index (χ1n) is 30.4. The van der Waals surface area contributed by atoms with E-state index in [-0.39, 0.29) is 140 Å². The molecule has 3 aromatic rings. The molecular formula is C59H92N16O15. The third-order valence-electron chi connectivity index (χ3n) is 14.6. The van der Waals surface area contributed by atoms with Crippen molar-refractivity contribution in [2.24, 2.45) is 16.5 Å². The van der Waals surface area contributed by atoms with Crippen LogP contribution in [0.1, 0.15) is 82.3 Å². The molecule has 1 fully saturated rings. The van der Waals surface area contributed by atoms with Gasteiger partial charge in [-0.1, -0.05) is 37.6 Å². The lowest BCUT2D eigenvalue weighted by atomic mass is 9.99. The molecule has 1 unspecified atom stereocenters. The van der Waals surface area contributed by atoms with Crippen LogP contribution >= 0.6 is 0 Å². The van der Waals surface area contributed by atoms with E-state index in [2.05, 4.69) is 52.8 Å². The molecule has 31 heteroatoms. The number of carbonyl (C=O) groups excluding carboxylic acids is 5. The molecule has 1 aliphatic heterocycles. The van der Waals surface area contributed by atoms with Crippen molar-refractivity contribution in [2.75, 3.05) is 142 Å². The molecule has 1 heterocycles. The fraction of sp³-hybridized carbons (Fsp3) is 0.576. The number of urea groups is 1. The van der Waals surface area contributed by atoms with Crippen molar-refractivity contribution in [3.8, 4) is 11.5 Å². The number of unbranched alkanes of at least 4 members (excludes halogenated alkanes) is 2. The number of ether oxygens (including phenoxy) is 1. The van der Waals surface area contributed by atoms with Gasteiger partial charge in [-0.3, -0.25) is 68.1 Å². The number of rotatable bonds is 39. The minimum Gasteiger partial charge on any atom is -0.508 e. The second kappa shape index (κ2) is 40.9. The number of amides is 6. The number of nitrogens with zero attached hydrogens (tertiary/aromatic N) is 5. The van der Waals surface area contributed by atoms with Gasteiger partial charge in [0, 0.05) is 111 Å². The fourth-order valence-corrected chi connectivity index (χ4v) is 9.42. The van der Waals surface area contributed by atoms with Gasteiger partial charge in [-0.2, -0.15) is 4.99 Å². The Balaban J connectivity index is 1.24. The van der Waals surface area contributed by atoms with Crippen LogP contribution in [0.15, 0.2) is 63.1 Å². The van der Waals surface area contributed by atoms with Crippen LogP contribution in [-0.2, 0) is 40.1 Å². The highest BCUT2D eigenvalue weighted by atomic mass is 16.5. The summed E-state index contributed by atoms with van der Waals surface area (Å²) in [5.74, 6) is -4.77. The molecule has 90 heavy (non-hydrogen) atoms. The first kappa shape index (κ1) is 74.0. The summed E-state index contributed by atoms with van der Waals surface area (Å²) < 4.78 is 6.02. The first-order chi connectivity index (χ1) is 43.1. The molecule has 31 nitrogen and oxygen atoms in total. The molecule has 0 saturated carbocycles. The quantitative estimate of drug-likeness (QED) is 0.0129. The summed E-state index contributed by atoms with van der Waals surface area (Å²) in [7, 11) is 0. The maximum atomic E-state index is 13.7. The van der Waals surface area contributed by atoms with Gasteiger partial charge in [-0.15, -0.1) is 0 Å². The Kier molecular flexibility index (Phi) is 33.6. The van der Waals surface area contributed by atoms with Crippen LogP contribution in [0, 0.1) is 0 Å². The van der Waals surface area contributed by atoms with Crippen LogP contribution in [0.4, 0.5) is 16.2 Å². The molecule has 1 aliphatic rings. The lowest BCUT2D eigenvalue weighted by Crippen LogP contribution is -2.52. The van der Waals surface area contributed by atoms with Crippen LogP contribution < -0.4 is 74.9 Å². The van der Waals surface area contributed by atoms with Crippen LogP contribution in [-0.4, -0.2) is 237 Å². The smallest absolute Gasteiger partial charge is 0.344 e. The van der Waals surface area contributed by atoms with Crippen molar-refractivity contribution in [3.63, 3.8) is 0 Å². The summed E-state index contributed by atoms with van der Waals surface area (Å²) in [5, 5.41) is 64.3. The topological polar surface area (TPSA) is 446 Å². The third kappa shape index (κ3) is 28.8. The third-order valence-corrected chi connectivity index (χ3v) is 14.6. The van der Waals surface area contributed by atoms with Crippen molar-refractivity contribution in [2.45, 2.75) is 89.8 Å². The van der Waals surface area contributed by atoms with Gasteiger partial charge in [0.1, 0.15) is 28.9 Å². The Morgan fingerprint density at radius 2 is 1.17 bits per heavy atom. The number of carboxylic acid groups (broad SMARTS) is 3. The summed E-state index contributed by atoms with van der Waals surface area (Å²) >= 11 is 0. The normalized spacial score (nSPS) is 15.0. The highest BCUT2D eigenvalue weighted by Gasteiger charge is 2.27. The van der Waals surface area contributed by atoms with Crippen LogP contribution in [0.5, 0.6) is 11.5 Å². The number of carboxylic acids is 3. The number of guanidine groups is 1. The zero-order valence-corrected chi connectivity index (χ0v) is 51.5. The fourth-order valence-electron chi connectivity index (χ4n) is 9.42. The highest BCUT2D eigenvalue weighted by molar-refractivity contribution is 5.92. The number of nitrogens with two attached hydrogens (primary N) is 2. The van der Waals surface area contributed by atoms with E-state index in [0.29, 0.717) is 95.5 Å². The number of nitrogens with one attached hydrogen (secondary N) is 9. The predicted octanol–water partition coefficient (Wildman–Crippen LogP) is -1.87. The molecule has 0 aliphatic carbocycles. The van der Waals surface area contributed by atoms with E-state index < -0.39 is 64.6 Å². The summed E-state index contributed by atoms with van der Waals surface area (Å²) in [4.78, 5) is 136. The Hall–Kier alpha value is -8.49. The highest BCUT2D eigenvalue weighted by Crippen LogP contribution is 2.22. The number of aromatic hydroxyl groups is 1. The number of hydrogen-bond donors (Lipinski definition) is 15. The Morgan fingerprint density at radius 3 is 1.76 bits per heavy atom. The van der Waals surface area contributed by atoms with Gasteiger partial charge in [-0.05, 0) is 87.4 Å². The lowest BCUT2D eigenvalue weighted by Gasteiger charge is -2.33. The monoisotopic (exact) mass is 1260 g/mol. The van der Waals surface area contributed by atoms with E-state index in [1.165, 1.54) is 12.1 Å². The number of carbonyl (C=O) groups is 8. The zero-order chi connectivity index (χ0) is 65.8. The average Bonchev–Trinajstić information content (AvgIpc) is 0.934. The van der Waals surface area contributed by atoms with E-state index in [9.17, 15) is 68.4 Å². The molecule has 0 spiro atoms. The largest absolute Gasteiger partial charge is 0.508 e. The molecule has 1 saturated heterocycles. The van der Waals surface area contributed by atoms with Crippen LogP contribution in [0.2, 0.25) is 0 Å². The average molecular weight is 1270 g/mol. The molecule has 3 atom stereocenters. The molecule has 4 rings (SSSR count). The maximum absolute atomic E-state index is 13.7. The van der Waals surface area contributed by atoms with E-state index >= 15 is 0 Å². The van der Waals surface area contributed by atoms with E-state index in [1.54, 1.807) is 64.9 Å². The number of hydrogen-bond acceptors (Lipinski definition) is 20. The van der Waals surface area contributed by atoms with E-state index in [0.717, 1.165) is 5.56 Å². The maximum Gasteiger partial charge on any atom is 0.344 e. The second-order valence-corrected chi connectivity index (χ2v) is 21.7. The first-order valence-corrected chi connectivity index (χ1v) is 30.4. The molecule has 0 aromatic heterocycles. The number of aliphatic imine (C=N–C) groups is 1. The Labute approximate surface area is 523 Å². The van der Waals surface area contributed by atoms with E-state index in [1.807, 2.05) is 4.90 Å². The van der Waals surface area contributed by atoms with Crippen molar-refractivity contribution >= 4 is 64.9 Å². The van der Waals surface area contributed by atoms with Crippen molar-refractivity contribution in [3.05, 3.63) is 80.1 Å². The SMILES string of the molecule is CCC(=O)NCCNC(=O)/N=C(/N)NCCC[C@@H](NC(=O)C(C)c1cccc(OCCCCNc2c(NCCNC(=O)[C@@H](CCCCN)NCN3CCN(CC(=O)O)CCN(CC(=O)O)CCN(CC(=O)O)CC3)c(=O)c2=O)c1)C(=O)NCc1ccc(O)cc1. The minimum atomic E-state index is -1.05. The van der Waals surface area contributed by atoms with Crippen molar-refractivity contribution in [1.82, 2.24) is 56.8 Å². The number of aliphatic carboxylic acids is 3. The Bertz CT molecular complexity index is 2840. The number of phenolic OH excluding ortho intramolecular Hbond substituents is 1. The summed E-state index contributed by atoms with van der Waals surface area (Å²) in [6.07, 6.45) is 3.68. The summed E-state index contributed by atoms with van der Waals surface area (Å²) in [6.45, 7) is 7.18. The van der Waals surface area contributed by atoms with Gasteiger partial charge in [0.2, 0.25) is 23.6 Å². The van der Waals surface area contributed by atoms with Gasteiger partial charge in [0.25, 0.3) is 10.9 Å². The van der Waals surface area contributed by atoms with Crippen molar-refractivity contribution in [1.29, 1.82) is 0 Å². The molecule has 17 N–H and O–H groups in total.